The van der Waals surface area contributed by atoms with Gasteiger partial charge in [-0.3, -0.25) is 14.4 Å². The first kappa shape index (κ1) is 24.5. The second kappa shape index (κ2) is 12.2. The van der Waals surface area contributed by atoms with Crippen LogP contribution in [0.2, 0.25) is 0 Å². The summed E-state index contributed by atoms with van der Waals surface area (Å²) in [6, 6.07) is 23.7. The molecule has 0 saturated carbocycles. The van der Waals surface area contributed by atoms with Crippen LogP contribution in [0, 0.1) is 5.92 Å². The Morgan fingerprint density at radius 2 is 1.41 bits per heavy atom. The summed E-state index contributed by atoms with van der Waals surface area (Å²) in [5.41, 5.74) is 3.49. The van der Waals surface area contributed by atoms with Crippen molar-refractivity contribution in [3.05, 3.63) is 90.0 Å². The molecule has 3 aromatic carbocycles. The summed E-state index contributed by atoms with van der Waals surface area (Å²) in [5, 5.41) is 11.6. The summed E-state index contributed by atoms with van der Waals surface area (Å²) in [6.07, 6.45) is 0.468. The van der Waals surface area contributed by atoms with Crippen molar-refractivity contribution >= 4 is 34.8 Å². The maximum atomic E-state index is 12.5. The van der Waals surface area contributed by atoms with Gasteiger partial charge in [0.25, 0.3) is 5.91 Å². The van der Waals surface area contributed by atoms with Crippen molar-refractivity contribution < 1.29 is 14.4 Å². The predicted molar refractivity (Wildman–Crippen MR) is 136 cm³/mol. The summed E-state index contributed by atoms with van der Waals surface area (Å²) >= 11 is 0. The van der Waals surface area contributed by atoms with Crippen molar-refractivity contribution in [1.29, 1.82) is 0 Å². The highest BCUT2D eigenvalue weighted by molar-refractivity contribution is 5.98. The molecule has 0 aliphatic rings. The molecule has 0 radical (unpaired) electrons. The Hall–Kier alpha value is -4.13. The van der Waals surface area contributed by atoms with Gasteiger partial charge in [0.15, 0.2) is 0 Å². The zero-order chi connectivity index (χ0) is 24.3. The van der Waals surface area contributed by atoms with Crippen LogP contribution in [-0.4, -0.2) is 24.3 Å². The molecule has 0 heterocycles. The summed E-state index contributed by atoms with van der Waals surface area (Å²) < 4.78 is 0. The number of nitrogens with one attached hydrogen (secondary N) is 4. The molecule has 3 rings (SSSR count). The van der Waals surface area contributed by atoms with Crippen molar-refractivity contribution in [3.8, 4) is 0 Å². The first-order chi connectivity index (χ1) is 16.4. The normalized spacial score (nSPS) is 10.4. The van der Waals surface area contributed by atoms with Crippen LogP contribution in [0.5, 0.6) is 0 Å². The first-order valence-electron chi connectivity index (χ1n) is 11.2. The molecule has 0 bridgehead atoms. The van der Waals surface area contributed by atoms with Gasteiger partial charge in [-0.2, -0.15) is 0 Å². The molecule has 4 N–H and O–H groups in total. The number of rotatable bonds is 10. The van der Waals surface area contributed by atoms with Crippen LogP contribution in [0.4, 0.5) is 17.1 Å². The molecule has 0 atom stereocenters. The maximum Gasteiger partial charge on any atom is 0.251 e. The van der Waals surface area contributed by atoms with Crippen LogP contribution < -0.4 is 21.3 Å². The molecule has 0 aliphatic carbocycles. The lowest BCUT2D eigenvalue weighted by atomic mass is 10.1. The minimum absolute atomic E-state index is 0.0222. The highest BCUT2D eigenvalue weighted by atomic mass is 16.2. The largest absolute Gasteiger partial charge is 0.376 e. The van der Waals surface area contributed by atoms with E-state index < -0.39 is 0 Å². The standard InChI is InChI=1S/C27H30N4O3/c1-19(2)15-25(32)30-23-13-11-22(12-14-23)28-18-26(33)31-24-10-6-9-21(16-24)27(34)29-17-20-7-4-3-5-8-20/h3-14,16,19,28H,15,17-18H2,1-2H3,(H,29,34)(H,30,32)(H,31,33). The van der Waals surface area contributed by atoms with Gasteiger partial charge >= 0.3 is 0 Å². The number of amides is 3. The fourth-order valence-electron chi connectivity index (χ4n) is 3.26. The summed E-state index contributed by atoms with van der Waals surface area (Å²) in [7, 11) is 0. The quantitative estimate of drug-likeness (QED) is 0.355. The van der Waals surface area contributed by atoms with E-state index in [2.05, 4.69) is 21.3 Å². The van der Waals surface area contributed by atoms with Crippen LogP contribution in [0.3, 0.4) is 0 Å². The van der Waals surface area contributed by atoms with E-state index in [0.29, 0.717) is 35.8 Å². The van der Waals surface area contributed by atoms with E-state index >= 15 is 0 Å². The molecule has 0 aromatic heterocycles. The van der Waals surface area contributed by atoms with Gasteiger partial charge in [0.2, 0.25) is 11.8 Å². The van der Waals surface area contributed by atoms with Gasteiger partial charge in [-0.1, -0.05) is 50.2 Å². The van der Waals surface area contributed by atoms with Gasteiger partial charge in [-0.15, -0.1) is 0 Å². The van der Waals surface area contributed by atoms with E-state index in [-0.39, 0.29) is 24.3 Å². The molecule has 7 nitrogen and oxygen atoms in total. The maximum absolute atomic E-state index is 12.5. The van der Waals surface area contributed by atoms with Gasteiger partial charge < -0.3 is 21.3 Å². The zero-order valence-electron chi connectivity index (χ0n) is 19.4. The lowest BCUT2D eigenvalue weighted by Gasteiger charge is -2.11. The number of hydrogen-bond acceptors (Lipinski definition) is 4. The van der Waals surface area contributed by atoms with Gasteiger partial charge in [0.1, 0.15) is 0 Å². The summed E-state index contributed by atoms with van der Waals surface area (Å²) in [6.45, 7) is 4.48. The molecule has 34 heavy (non-hydrogen) atoms. The monoisotopic (exact) mass is 458 g/mol. The van der Waals surface area contributed by atoms with E-state index in [4.69, 9.17) is 0 Å². The van der Waals surface area contributed by atoms with Crippen LogP contribution in [0.1, 0.15) is 36.2 Å². The SMILES string of the molecule is CC(C)CC(=O)Nc1ccc(NCC(=O)Nc2cccc(C(=O)NCc3ccccc3)c2)cc1. The Bertz CT molecular complexity index is 1110. The van der Waals surface area contributed by atoms with Crippen molar-refractivity contribution in [3.63, 3.8) is 0 Å². The van der Waals surface area contributed by atoms with E-state index in [1.807, 2.05) is 44.2 Å². The molecular weight excluding hydrogens is 428 g/mol. The fraction of sp³-hybridized carbons (Fsp3) is 0.222. The molecule has 3 aromatic rings. The minimum Gasteiger partial charge on any atom is -0.376 e. The van der Waals surface area contributed by atoms with Crippen molar-refractivity contribution in [1.82, 2.24) is 5.32 Å². The third-order valence-corrected chi connectivity index (χ3v) is 4.92. The van der Waals surface area contributed by atoms with Crippen LogP contribution >= 0.6 is 0 Å². The molecule has 0 fully saturated rings. The molecule has 0 saturated heterocycles. The molecule has 3 amide bonds. The molecule has 7 heteroatoms. The van der Waals surface area contributed by atoms with E-state index in [1.165, 1.54) is 0 Å². The van der Waals surface area contributed by atoms with E-state index in [0.717, 1.165) is 11.3 Å². The van der Waals surface area contributed by atoms with Gasteiger partial charge in [0.05, 0.1) is 6.54 Å². The molecule has 0 aliphatic heterocycles. The van der Waals surface area contributed by atoms with Crippen molar-refractivity contribution in [2.45, 2.75) is 26.8 Å². The van der Waals surface area contributed by atoms with Crippen LogP contribution in [0.15, 0.2) is 78.9 Å². The van der Waals surface area contributed by atoms with Gasteiger partial charge in [-0.05, 0) is 53.9 Å². The zero-order valence-corrected chi connectivity index (χ0v) is 19.4. The van der Waals surface area contributed by atoms with E-state index in [9.17, 15) is 14.4 Å². The average molecular weight is 459 g/mol. The number of hydrogen-bond donors (Lipinski definition) is 4. The third kappa shape index (κ3) is 8.09. The Labute approximate surface area is 200 Å². The lowest BCUT2D eigenvalue weighted by molar-refractivity contribution is -0.117. The van der Waals surface area contributed by atoms with Crippen molar-refractivity contribution in [2.24, 2.45) is 5.92 Å². The predicted octanol–water partition coefficient (Wildman–Crippen LogP) is 4.65. The Morgan fingerprint density at radius 3 is 2.12 bits per heavy atom. The van der Waals surface area contributed by atoms with E-state index in [1.54, 1.807) is 48.5 Å². The first-order valence-corrected chi connectivity index (χ1v) is 11.2. The van der Waals surface area contributed by atoms with Crippen LogP contribution in [0.25, 0.3) is 0 Å². The van der Waals surface area contributed by atoms with Crippen molar-refractivity contribution in [2.75, 3.05) is 22.5 Å². The minimum atomic E-state index is -0.240. The summed E-state index contributed by atoms with van der Waals surface area (Å²) in [4.78, 5) is 36.7. The highest BCUT2D eigenvalue weighted by Gasteiger charge is 2.09. The number of benzene rings is 3. The third-order valence-electron chi connectivity index (χ3n) is 4.92. The number of carbonyl (C=O) groups is 3. The molecule has 0 spiro atoms. The fourth-order valence-corrected chi connectivity index (χ4v) is 3.26. The Morgan fingerprint density at radius 1 is 0.735 bits per heavy atom. The van der Waals surface area contributed by atoms with Gasteiger partial charge in [-0.25, -0.2) is 0 Å². The average Bonchev–Trinajstić information content (AvgIpc) is 2.82. The Kier molecular flexibility index (Phi) is 8.80. The molecule has 0 unspecified atom stereocenters. The topological polar surface area (TPSA) is 99.3 Å². The molecular formula is C27H30N4O3. The smallest absolute Gasteiger partial charge is 0.251 e. The second-order valence-corrected chi connectivity index (χ2v) is 8.37. The second-order valence-electron chi connectivity index (χ2n) is 8.37. The lowest BCUT2D eigenvalue weighted by Crippen LogP contribution is -2.24. The molecule has 176 valence electrons. The highest BCUT2D eigenvalue weighted by Crippen LogP contribution is 2.15. The Balaban J connectivity index is 1.46. The van der Waals surface area contributed by atoms with Gasteiger partial charge in [0, 0.05) is 35.6 Å². The van der Waals surface area contributed by atoms with Crippen LogP contribution in [-0.2, 0) is 16.1 Å². The summed E-state index contributed by atoms with van der Waals surface area (Å²) in [5.74, 6) is -0.176. The number of anilines is 3. The number of carbonyl (C=O) groups excluding carboxylic acids is 3.